The lowest BCUT2D eigenvalue weighted by molar-refractivity contribution is -0.138. The van der Waals surface area contributed by atoms with Gasteiger partial charge in [0.1, 0.15) is 0 Å². The number of carbonyl (C=O) groups excluding carboxylic acids is 1. The Morgan fingerprint density at radius 2 is 1.87 bits per heavy atom. The van der Waals surface area contributed by atoms with E-state index in [0.717, 1.165) is 38.0 Å². The average Bonchev–Trinajstić information content (AvgIpc) is 2.60. The Hall–Kier alpha value is -1.39. The highest BCUT2D eigenvalue weighted by atomic mass is 16.5. The molecule has 2 rings (SSSR count). The third-order valence-corrected chi connectivity index (χ3v) is 5.01. The van der Waals surface area contributed by atoms with Gasteiger partial charge in [0.15, 0.2) is 0 Å². The van der Waals surface area contributed by atoms with Gasteiger partial charge in [-0.1, -0.05) is 37.3 Å². The highest BCUT2D eigenvalue weighted by Gasteiger charge is 2.28. The van der Waals surface area contributed by atoms with E-state index in [1.165, 1.54) is 0 Å². The first-order chi connectivity index (χ1) is 11.0. The van der Waals surface area contributed by atoms with Gasteiger partial charge in [-0.25, -0.2) is 0 Å². The number of aliphatic hydroxyl groups excluding tert-OH is 1. The lowest BCUT2D eigenvalue weighted by Crippen LogP contribution is -2.42. The minimum absolute atomic E-state index is 0.0199. The van der Waals surface area contributed by atoms with Crippen molar-refractivity contribution in [2.75, 3.05) is 20.3 Å². The van der Waals surface area contributed by atoms with E-state index in [-0.39, 0.29) is 17.9 Å². The van der Waals surface area contributed by atoms with Gasteiger partial charge in [-0.05, 0) is 37.7 Å². The maximum absolute atomic E-state index is 12.7. The first kappa shape index (κ1) is 18.0. The summed E-state index contributed by atoms with van der Waals surface area (Å²) in [7, 11) is 1.79. The lowest BCUT2D eigenvalue weighted by Gasteiger charge is -2.32. The molecule has 1 heterocycles. The molecule has 1 aliphatic heterocycles. The van der Waals surface area contributed by atoms with Gasteiger partial charge in [0.05, 0.1) is 12.1 Å². The Kier molecular flexibility index (Phi) is 6.60. The molecule has 1 saturated heterocycles. The molecule has 0 radical (unpaired) electrons. The molecule has 1 aromatic rings. The summed E-state index contributed by atoms with van der Waals surface area (Å²) in [5.74, 6) is 0.665. The fourth-order valence-corrected chi connectivity index (χ4v) is 3.27. The summed E-state index contributed by atoms with van der Waals surface area (Å²) < 4.78 is 5.38. The Balaban J connectivity index is 1.92. The van der Waals surface area contributed by atoms with Crippen LogP contribution in [0.5, 0.6) is 0 Å². The van der Waals surface area contributed by atoms with E-state index in [1.54, 1.807) is 11.9 Å². The Labute approximate surface area is 139 Å². The molecule has 0 spiro atoms. The van der Waals surface area contributed by atoms with Crippen molar-refractivity contribution in [3.63, 3.8) is 0 Å². The fourth-order valence-electron chi connectivity index (χ4n) is 3.27. The third-order valence-electron chi connectivity index (χ3n) is 5.01. The molecule has 1 aromatic carbocycles. The van der Waals surface area contributed by atoms with Crippen LogP contribution in [-0.4, -0.2) is 42.2 Å². The highest BCUT2D eigenvalue weighted by molar-refractivity contribution is 5.78. The quantitative estimate of drug-likeness (QED) is 0.877. The van der Waals surface area contributed by atoms with Gasteiger partial charge in [0, 0.05) is 26.2 Å². The lowest BCUT2D eigenvalue weighted by atomic mass is 9.89. The number of hydrogen-bond donors (Lipinski definition) is 1. The molecule has 0 aromatic heterocycles. The highest BCUT2D eigenvalue weighted by Crippen LogP contribution is 2.26. The van der Waals surface area contributed by atoms with Crippen LogP contribution < -0.4 is 0 Å². The predicted octanol–water partition coefficient (Wildman–Crippen LogP) is 3.02. The molecular formula is C19H29NO3. The number of benzene rings is 1. The molecule has 1 N–H and O–H groups in total. The van der Waals surface area contributed by atoms with Crippen molar-refractivity contribution >= 4 is 5.91 Å². The van der Waals surface area contributed by atoms with Gasteiger partial charge in [0.25, 0.3) is 0 Å². The van der Waals surface area contributed by atoms with E-state index >= 15 is 0 Å². The van der Waals surface area contributed by atoms with Gasteiger partial charge in [-0.15, -0.1) is 0 Å². The molecule has 1 fully saturated rings. The molecular weight excluding hydrogens is 290 g/mol. The number of rotatable bonds is 6. The van der Waals surface area contributed by atoms with Crippen LogP contribution in [-0.2, 0) is 9.53 Å². The maximum atomic E-state index is 12.7. The third kappa shape index (κ3) is 4.79. The molecule has 4 nitrogen and oxygen atoms in total. The van der Waals surface area contributed by atoms with Gasteiger partial charge in [-0.3, -0.25) is 4.79 Å². The Bertz CT molecular complexity index is 485. The van der Waals surface area contributed by atoms with Crippen molar-refractivity contribution in [1.29, 1.82) is 0 Å². The minimum atomic E-state index is -0.666. The second-order valence-corrected chi connectivity index (χ2v) is 6.74. The van der Waals surface area contributed by atoms with E-state index < -0.39 is 6.10 Å². The van der Waals surface area contributed by atoms with Crippen LogP contribution in [0.3, 0.4) is 0 Å². The minimum Gasteiger partial charge on any atom is -0.386 e. The number of hydrogen-bond acceptors (Lipinski definition) is 3. The Morgan fingerprint density at radius 3 is 2.48 bits per heavy atom. The molecule has 0 unspecified atom stereocenters. The maximum Gasteiger partial charge on any atom is 0.225 e. The number of carbonyl (C=O) groups is 1. The molecule has 1 aliphatic rings. The summed E-state index contributed by atoms with van der Waals surface area (Å²) in [5.41, 5.74) is 0.844. The van der Waals surface area contributed by atoms with Crippen LogP contribution in [0.25, 0.3) is 0 Å². The average molecular weight is 319 g/mol. The summed E-state index contributed by atoms with van der Waals surface area (Å²) in [5, 5.41) is 10.5. The molecule has 3 atom stereocenters. The summed E-state index contributed by atoms with van der Waals surface area (Å²) in [6.07, 6.45) is 2.33. The fraction of sp³-hybridized carbons (Fsp3) is 0.632. The van der Waals surface area contributed by atoms with Crippen LogP contribution in [0.1, 0.15) is 44.8 Å². The van der Waals surface area contributed by atoms with Crippen molar-refractivity contribution in [2.45, 2.75) is 45.3 Å². The SMILES string of the molecule is C[C@H]([C@H](O)c1ccccc1)N(C)C(=O)[C@@H](C)CC1CCOCC1. The number of nitrogens with zero attached hydrogens (tertiary/aromatic N) is 1. The smallest absolute Gasteiger partial charge is 0.225 e. The summed E-state index contributed by atoms with van der Waals surface area (Å²) >= 11 is 0. The standard InChI is InChI=1S/C19H29NO3/c1-14(13-16-9-11-23-12-10-16)19(22)20(3)15(2)18(21)17-7-5-4-6-8-17/h4-8,14-16,18,21H,9-13H2,1-3H3/t14-,15+,18-/m0/s1. The second kappa shape index (κ2) is 8.46. The number of amides is 1. The summed E-state index contributed by atoms with van der Waals surface area (Å²) in [6, 6.07) is 9.27. The van der Waals surface area contributed by atoms with Crippen molar-refractivity contribution < 1.29 is 14.6 Å². The molecule has 4 heteroatoms. The first-order valence-electron chi connectivity index (χ1n) is 8.58. The van der Waals surface area contributed by atoms with Gasteiger partial charge in [-0.2, -0.15) is 0 Å². The molecule has 0 bridgehead atoms. The van der Waals surface area contributed by atoms with E-state index in [9.17, 15) is 9.90 Å². The van der Waals surface area contributed by atoms with Gasteiger partial charge < -0.3 is 14.7 Å². The zero-order valence-electron chi connectivity index (χ0n) is 14.4. The molecule has 1 amide bonds. The predicted molar refractivity (Wildman–Crippen MR) is 91.0 cm³/mol. The number of likely N-dealkylation sites (N-methyl/N-ethyl adjacent to an activating group) is 1. The number of ether oxygens (including phenoxy) is 1. The van der Waals surface area contributed by atoms with Crippen LogP contribution in [0.2, 0.25) is 0 Å². The topological polar surface area (TPSA) is 49.8 Å². The van der Waals surface area contributed by atoms with Crippen molar-refractivity contribution in [3.8, 4) is 0 Å². The van der Waals surface area contributed by atoms with E-state index in [0.29, 0.717) is 5.92 Å². The first-order valence-corrected chi connectivity index (χ1v) is 8.58. The van der Waals surface area contributed by atoms with E-state index in [4.69, 9.17) is 4.74 Å². The zero-order valence-corrected chi connectivity index (χ0v) is 14.4. The summed E-state index contributed by atoms with van der Waals surface area (Å²) in [6.45, 7) is 5.52. The second-order valence-electron chi connectivity index (χ2n) is 6.74. The Morgan fingerprint density at radius 1 is 1.26 bits per heavy atom. The van der Waals surface area contributed by atoms with Crippen LogP contribution in [0, 0.1) is 11.8 Å². The largest absolute Gasteiger partial charge is 0.386 e. The van der Waals surface area contributed by atoms with Gasteiger partial charge >= 0.3 is 0 Å². The molecule has 23 heavy (non-hydrogen) atoms. The van der Waals surface area contributed by atoms with Crippen LogP contribution in [0.4, 0.5) is 0 Å². The monoisotopic (exact) mass is 319 g/mol. The molecule has 0 saturated carbocycles. The van der Waals surface area contributed by atoms with E-state index in [1.807, 2.05) is 44.2 Å². The van der Waals surface area contributed by atoms with Crippen molar-refractivity contribution in [1.82, 2.24) is 4.90 Å². The van der Waals surface area contributed by atoms with Gasteiger partial charge in [0.2, 0.25) is 5.91 Å². The van der Waals surface area contributed by atoms with E-state index in [2.05, 4.69) is 0 Å². The molecule has 128 valence electrons. The normalized spacial score (nSPS) is 19.8. The van der Waals surface area contributed by atoms with Crippen molar-refractivity contribution in [2.24, 2.45) is 11.8 Å². The van der Waals surface area contributed by atoms with Crippen LogP contribution in [0.15, 0.2) is 30.3 Å². The molecule has 0 aliphatic carbocycles. The van der Waals surface area contributed by atoms with Crippen molar-refractivity contribution in [3.05, 3.63) is 35.9 Å². The number of aliphatic hydroxyl groups is 1. The summed E-state index contributed by atoms with van der Waals surface area (Å²) in [4.78, 5) is 14.4. The zero-order chi connectivity index (χ0) is 16.8. The van der Waals surface area contributed by atoms with Crippen LogP contribution >= 0.6 is 0 Å².